The van der Waals surface area contributed by atoms with E-state index in [4.69, 9.17) is 10.8 Å². The molecule has 68 valence electrons. The number of amides is 1. The zero-order valence-corrected chi connectivity index (χ0v) is 7.46. The first-order valence-electron chi connectivity index (χ1n) is 3.74. The monoisotopic (exact) mass is 188 g/mol. The number of primary amides is 1. The van der Waals surface area contributed by atoms with E-state index in [1.165, 1.54) is 11.8 Å². The fraction of sp³-hybridized carbons (Fsp3) is 0.571. The third-order valence-corrected chi connectivity index (χ3v) is 2.62. The summed E-state index contributed by atoms with van der Waals surface area (Å²) >= 11 is 1.40. The van der Waals surface area contributed by atoms with Gasteiger partial charge in [0, 0.05) is 19.4 Å². The molecule has 1 unspecified atom stereocenters. The van der Waals surface area contributed by atoms with Crippen molar-refractivity contribution in [3.05, 3.63) is 11.6 Å². The van der Waals surface area contributed by atoms with Crippen LogP contribution in [0.4, 0.5) is 0 Å². The summed E-state index contributed by atoms with van der Waals surface area (Å²) in [6.07, 6.45) is 2.49. The number of thioether (sulfide) groups is 1. The Bertz CT molecular complexity index is 196. The van der Waals surface area contributed by atoms with Crippen molar-refractivity contribution in [1.82, 2.24) is 4.90 Å². The smallest absolute Gasteiger partial charge is 0.250 e. The number of nitrogens with two attached hydrogens (primary N) is 1. The Morgan fingerprint density at radius 3 is 3.08 bits per heavy atom. The molecule has 1 rings (SSSR count). The van der Waals surface area contributed by atoms with Gasteiger partial charge in [0.05, 0.1) is 0 Å². The Kier molecular flexibility index (Phi) is 3.43. The molecule has 0 bridgehead atoms. The van der Waals surface area contributed by atoms with Gasteiger partial charge in [0.2, 0.25) is 0 Å². The summed E-state index contributed by atoms with van der Waals surface area (Å²) in [5.74, 6) is -0.331. The minimum atomic E-state index is -0.331. The topological polar surface area (TPSA) is 66.6 Å². The van der Waals surface area contributed by atoms with Crippen LogP contribution in [-0.2, 0) is 4.79 Å². The first-order valence-corrected chi connectivity index (χ1v) is 4.68. The molecular weight excluding hydrogens is 176 g/mol. The molecule has 0 saturated heterocycles. The number of hydrogen-bond acceptors (Lipinski definition) is 4. The highest BCUT2D eigenvalue weighted by Gasteiger charge is 2.24. The molecule has 5 heteroatoms. The van der Waals surface area contributed by atoms with Gasteiger partial charge in [-0.05, 0) is 11.8 Å². The number of carbonyl (C=O) groups is 1. The lowest BCUT2D eigenvalue weighted by molar-refractivity contribution is -0.119. The van der Waals surface area contributed by atoms with Crippen molar-refractivity contribution >= 4 is 17.7 Å². The van der Waals surface area contributed by atoms with Crippen molar-refractivity contribution in [2.24, 2.45) is 5.73 Å². The first-order chi connectivity index (χ1) is 5.75. The highest BCUT2D eigenvalue weighted by molar-refractivity contribution is 8.03. The standard InChI is InChI=1S/C7H12N2O2S/c8-6(11)7-9(2-1-4-10)3-5-12-7/h3,5,7,10H,1-2,4H2,(H2,8,11). The first kappa shape index (κ1) is 9.41. The molecule has 0 aromatic carbocycles. The Labute approximate surface area is 75.4 Å². The summed E-state index contributed by atoms with van der Waals surface area (Å²) < 4.78 is 0. The van der Waals surface area contributed by atoms with E-state index in [2.05, 4.69) is 0 Å². The minimum Gasteiger partial charge on any atom is -0.396 e. The number of hydrogen-bond donors (Lipinski definition) is 2. The van der Waals surface area contributed by atoms with Gasteiger partial charge in [-0.15, -0.1) is 0 Å². The van der Waals surface area contributed by atoms with Crippen molar-refractivity contribution in [3.63, 3.8) is 0 Å². The van der Waals surface area contributed by atoms with Crippen molar-refractivity contribution in [1.29, 1.82) is 0 Å². The molecule has 1 amide bonds. The van der Waals surface area contributed by atoms with Crippen molar-refractivity contribution < 1.29 is 9.90 Å². The van der Waals surface area contributed by atoms with E-state index in [-0.39, 0.29) is 17.9 Å². The molecule has 0 aromatic heterocycles. The van der Waals surface area contributed by atoms with E-state index in [0.29, 0.717) is 13.0 Å². The average Bonchev–Trinajstić information content (AvgIpc) is 2.48. The quantitative estimate of drug-likeness (QED) is 0.635. The number of nitrogens with zero attached hydrogens (tertiary/aromatic N) is 1. The van der Waals surface area contributed by atoms with Crippen LogP contribution in [0.15, 0.2) is 11.6 Å². The molecule has 4 nitrogen and oxygen atoms in total. The van der Waals surface area contributed by atoms with Crippen LogP contribution in [0, 0.1) is 0 Å². The number of aliphatic hydroxyl groups is 1. The molecule has 0 radical (unpaired) electrons. The molecule has 1 aliphatic heterocycles. The zero-order valence-electron chi connectivity index (χ0n) is 6.64. The van der Waals surface area contributed by atoms with Crippen LogP contribution in [0.1, 0.15) is 6.42 Å². The van der Waals surface area contributed by atoms with E-state index in [9.17, 15) is 4.79 Å². The average molecular weight is 188 g/mol. The molecule has 0 aliphatic carbocycles. The van der Waals surface area contributed by atoms with Gasteiger partial charge in [0.15, 0.2) is 5.37 Å². The Hall–Kier alpha value is -0.680. The molecular formula is C7H12N2O2S. The molecule has 0 aromatic rings. The van der Waals surface area contributed by atoms with E-state index >= 15 is 0 Å². The third-order valence-electron chi connectivity index (χ3n) is 1.58. The largest absolute Gasteiger partial charge is 0.396 e. The van der Waals surface area contributed by atoms with Crippen LogP contribution < -0.4 is 5.73 Å². The Morgan fingerprint density at radius 2 is 2.50 bits per heavy atom. The zero-order chi connectivity index (χ0) is 8.97. The van der Waals surface area contributed by atoms with Gasteiger partial charge in [-0.2, -0.15) is 0 Å². The molecule has 12 heavy (non-hydrogen) atoms. The lowest BCUT2D eigenvalue weighted by atomic mass is 10.4. The fourth-order valence-corrected chi connectivity index (χ4v) is 1.86. The van der Waals surface area contributed by atoms with E-state index < -0.39 is 0 Å². The van der Waals surface area contributed by atoms with Crippen LogP contribution in [0.3, 0.4) is 0 Å². The Morgan fingerprint density at radius 1 is 1.75 bits per heavy atom. The van der Waals surface area contributed by atoms with Crippen LogP contribution in [0.5, 0.6) is 0 Å². The van der Waals surface area contributed by atoms with Crippen LogP contribution in [0.2, 0.25) is 0 Å². The number of aliphatic hydroxyl groups excluding tert-OH is 1. The number of rotatable bonds is 4. The maximum Gasteiger partial charge on any atom is 0.250 e. The molecule has 0 fully saturated rings. The van der Waals surface area contributed by atoms with Gasteiger partial charge in [-0.25, -0.2) is 0 Å². The predicted octanol–water partition coefficient (Wildman–Crippen LogP) is -0.300. The van der Waals surface area contributed by atoms with Crippen LogP contribution >= 0.6 is 11.8 Å². The van der Waals surface area contributed by atoms with Crippen molar-refractivity contribution in [3.8, 4) is 0 Å². The molecule has 3 N–H and O–H groups in total. The summed E-state index contributed by atoms with van der Waals surface area (Å²) in [7, 11) is 0. The summed E-state index contributed by atoms with van der Waals surface area (Å²) in [6.45, 7) is 0.814. The van der Waals surface area contributed by atoms with E-state index in [0.717, 1.165) is 0 Å². The van der Waals surface area contributed by atoms with Crippen LogP contribution in [-0.4, -0.2) is 34.4 Å². The molecule has 0 saturated carbocycles. The SMILES string of the molecule is NC(=O)C1SC=CN1CCCO. The highest BCUT2D eigenvalue weighted by Crippen LogP contribution is 2.24. The maximum atomic E-state index is 10.8. The number of carbonyl (C=O) groups excluding carboxylic acids is 1. The summed E-state index contributed by atoms with van der Waals surface area (Å²) in [5, 5.41) is 10.1. The summed E-state index contributed by atoms with van der Waals surface area (Å²) in [5.41, 5.74) is 5.16. The second-order valence-electron chi connectivity index (χ2n) is 2.49. The molecule has 1 aliphatic rings. The highest BCUT2D eigenvalue weighted by atomic mass is 32.2. The second-order valence-corrected chi connectivity index (χ2v) is 3.48. The molecule has 1 atom stereocenters. The van der Waals surface area contributed by atoms with Gasteiger partial charge in [0.25, 0.3) is 5.91 Å². The Balaban J connectivity index is 2.40. The third kappa shape index (κ3) is 2.15. The lowest BCUT2D eigenvalue weighted by Crippen LogP contribution is -2.37. The van der Waals surface area contributed by atoms with E-state index in [1.54, 1.807) is 0 Å². The van der Waals surface area contributed by atoms with Gasteiger partial charge in [-0.1, -0.05) is 11.8 Å². The predicted molar refractivity (Wildman–Crippen MR) is 48.1 cm³/mol. The van der Waals surface area contributed by atoms with Gasteiger partial charge in [-0.3, -0.25) is 4.79 Å². The summed E-state index contributed by atoms with van der Waals surface area (Å²) in [4.78, 5) is 12.7. The summed E-state index contributed by atoms with van der Waals surface area (Å²) in [6, 6.07) is 0. The second kappa shape index (κ2) is 4.37. The minimum absolute atomic E-state index is 0.139. The van der Waals surface area contributed by atoms with Crippen LogP contribution in [0.25, 0.3) is 0 Å². The van der Waals surface area contributed by atoms with Crippen molar-refractivity contribution in [2.75, 3.05) is 13.2 Å². The van der Waals surface area contributed by atoms with E-state index in [1.807, 2.05) is 16.5 Å². The molecule has 0 spiro atoms. The molecule has 1 heterocycles. The maximum absolute atomic E-state index is 10.8. The van der Waals surface area contributed by atoms with Crippen molar-refractivity contribution in [2.45, 2.75) is 11.8 Å². The lowest BCUT2D eigenvalue weighted by Gasteiger charge is -2.21. The fourth-order valence-electron chi connectivity index (χ4n) is 1.02. The van der Waals surface area contributed by atoms with Gasteiger partial charge >= 0.3 is 0 Å². The normalized spacial score (nSPS) is 21.8. The van der Waals surface area contributed by atoms with Gasteiger partial charge in [0.1, 0.15) is 0 Å². The van der Waals surface area contributed by atoms with Gasteiger partial charge < -0.3 is 15.7 Å².